The first kappa shape index (κ1) is 69.5. The van der Waals surface area contributed by atoms with Crippen LogP contribution in [0.4, 0.5) is 0 Å². The molecule has 17 nitrogen and oxygen atoms in total. The topological polar surface area (TPSA) is 277 Å². The fraction of sp³-hybridized carbons (Fsp3) is 0.966. The van der Waals surface area contributed by atoms with Crippen molar-refractivity contribution in [3.05, 3.63) is 0 Å². The highest BCUT2D eigenvalue weighted by molar-refractivity contribution is 5.80. The highest BCUT2D eigenvalue weighted by atomic mass is 16.7. The molecule has 2 saturated heterocycles. The zero-order chi connectivity index (χ0) is 55.1. The average Bonchev–Trinajstić information content (AvgIpc) is 3.40. The monoisotopic (exact) mass is 1080 g/mol. The van der Waals surface area contributed by atoms with E-state index >= 15 is 0 Å². The predicted octanol–water partition coefficient (Wildman–Crippen LogP) is 7.42. The molecule has 75 heavy (non-hydrogen) atoms. The van der Waals surface area contributed by atoms with Gasteiger partial charge in [-0.25, -0.2) is 0 Å². The van der Waals surface area contributed by atoms with Crippen LogP contribution in [0.25, 0.3) is 0 Å². The van der Waals surface area contributed by atoms with Gasteiger partial charge in [-0.15, -0.1) is 0 Å². The van der Waals surface area contributed by atoms with Crippen LogP contribution >= 0.6 is 0 Å². The van der Waals surface area contributed by atoms with Gasteiger partial charge in [0.1, 0.15) is 61.0 Å². The summed E-state index contributed by atoms with van der Waals surface area (Å²) in [5.74, 6) is -1.37. The number of nitrogens with one attached hydrogen (secondary N) is 2. The summed E-state index contributed by atoms with van der Waals surface area (Å²) in [4.78, 5) is 25.4. The zero-order valence-electron chi connectivity index (χ0n) is 47.1. The third kappa shape index (κ3) is 30.0. The molecule has 2 aliphatic rings. The third-order valence-corrected chi connectivity index (χ3v) is 15.4. The molecule has 0 spiro atoms. The standard InChI is InChI=1S/C58H112N2O15/c1-4-6-8-10-12-14-16-18-20-21-22-23-25-27-29-31-33-35-37-39-46(65)56(71)60-44(50(66)45(64)38-36-34-32-30-28-26-24-19-17-15-13-11-9-7-5-2)42-72-58-54(70)53(69)55(48(41-62)74-58)75-57-49(59-43(3)63)52(68)51(67)47(40-61)73-57/h44-55,57-58,61-62,64-70H,4-42H2,1-3H3,(H,59,63)(H,60,71)/t44-,45+,46+,47+,48+,49+,50-,51+,52+,53+,54+,55-,57+,58-/m0/s1. The number of carbonyl (C=O) groups excluding carboxylic acids is 2. The summed E-state index contributed by atoms with van der Waals surface area (Å²) in [6.07, 6.45) is 22.9. The number of carbonyl (C=O) groups is 2. The molecule has 2 aliphatic heterocycles. The maximum atomic E-state index is 13.4. The zero-order valence-corrected chi connectivity index (χ0v) is 47.1. The summed E-state index contributed by atoms with van der Waals surface area (Å²) in [7, 11) is 0. The van der Waals surface area contributed by atoms with Gasteiger partial charge in [0, 0.05) is 6.92 Å². The summed E-state index contributed by atoms with van der Waals surface area (Å²) < 4.78 is 23.2. The Kier molecular flexibility index (Phi) is 41.0. The molecule has 0 bridgehead atoms. The van der Waals surface area contributed by atoms with Gasteiger partial charge in [-0.3, -0.25) is 9.59 Å². The molecule has 17 heteroatoms. The lowest BCUT2D eigenvalue weighted by Crippen LogP contribution is -2.67. The molecular formula is C58H112N2O15. The van der Waals surface area contributed by atoms with E-state index in [2.05, 4.69) is 24.5 Å². The summed E-state index contributed by atoms with van der Waals surface area (Å²) in [5, 5.41) is 102. The SMILES string of the molecule is CCCCCCCCCCCCCCCCCCCCC[C@@H](O)C(=O)N[C@@H](CO[C@H]1O[C@H](CO)[C@H](O[C@H]2O[C@H](CO)[C@@H](O)[C@H](O)[C@H]2NC(C)=O)[C@H](O)[C@H]1O)[C@H](O)[C@H](O)CCCCCCCCCCCCCCCCC. The highest BCUT2D eigenvalue weighted by Crippen LogP contribution is 2.30. The van der Waals surface area contributed by atoms with Crippen molar-refractivity contribution < 1.29 is 74.5 Å². The molecular weight excluding hydrogens is 965 g/mol. The molecule has 0 aromatic rings. The predicted molar refractivity (Wildman–Crippen MR) is 291 cm³/mol. The lowest BCUT2D eigenvalue weighted by molar-refractivity contribution is -0.347. The van der Waals surface area contributed by atoms with Crippen LogP contribution < -0.4 is 10.6 Å². The number of amides is 2. The molecule has 11 N–H and O–H groups in total. The Morgan fingerprint density at radius 1 is 0.493 bits per heavy atom. The van der Waals surface area contributed by atoms with E-state index in [1.165, 1.54) is 161 Å². The Labute approximate surface area is 453 Å². The molecule has 0 saturated carbocycles. The van der Waals surface area contributed by atoms with E-state index in [4.69, 9.17) is 18.9 Å². The van der Waals surface area contributed by atoms with E-state index in [1.807, 2.05) is 0 Å². The van der Waals surface area contributed by atoms with Crippen molar-refractivity contribution in [2.24, 2.45) is 0 Å². The van der Waals surface area contributed by atoms with Crippen LogP contribution in [0.1, 0.15) is 252 Å². The molecule has 2 heterocycles. The minimum atomic E-state index is -1.86. The quantitative estimate of drug-likeness (QED) is 0.0265. The van der Waals surface area contributed by atoms with E-state index in [9.17, 15) is 55.5 Å². The van der Waals surface area contributed by atoms with Crippen molar-refractivity contribution in [3.8, 4) is 0 Å². The second-order valence-electron chi connectivity index (χ2n) is 22.2. The summed E-state index contributed by atoms with van der Waals surface area (Å²) in [6.45, 7) is 3.61. The van der Waals surface area contributed by atoms with Crippen molar-refractivity contribution in [2.45, 2.75) is 338 Å². The number of unbranched alkanes of at least 4 members (excludes halogenated alkanes) is 32. The molecule has 0 unspecified atom stereocenters. The lowest BCUT2D eigenvalue weighted by Gasteiger charge is -2.47. The summed E-state index contributed by atoms with van der Waals surface area (Å²) in [5.41, 5.74) is 0. The van der Waals surface area contributed by atoms with E-state index < -0.39 is 117 Å². The normalized spacial score (nSPS) is 25.7. The molecule has 0 radical (unpaired) electrons. The van der Waals surface area contributed by atoms with Gasteiger partial charge in [0.25, 0.3) is 0 Å². The fourth-order valence-electron chi connectivity index (χ4n) is 10.5. The second kappa shape index (κ2) is 44.2. The van der Waals surface area contributed by atoms with Crippen LogP contribution in [0.3, 0.4) is 0 Å². The van der Waals surface area contributed by atoms with E-state index in [-0.39, 0.29) is 12.8 Å². The minimum Gasteiger partial charge on any atom is -0.394 e. The van der Waals surface area contributed by atoms with Gasteiger partial charge in [0.2, 0.25) is 11.8 Å². The van der Waals surface area contributed by atoms with Crippen LogP contribution in [0.2, 0.25) is 0 Å². The first-order valence-electron chi connectivity index (χ1n) is 30.4. The van der Waals surface area contributed by atoms with Crippen LogP contribution in [-0.2, 0) is 28.5 Å². The third-order valence-electron chi connectivity index (χ3n) is 15.4. The average molecular weight is 1080 g/mol. The molecule has 444 valence electrons. The first-order chi connectivity index (χ1) is 36.3. The van der Waals surface area contributed by atoms with Crippen LogP contribution in [-0.4, -0.2) is 163 Å². The number of aliphatic hydroxyl groups excluding tert-OH is 9. The largest absolute Gasteiger partial charge is 0.394 e. The second-order valence-corrected chi connectivity index (χ2v) is 22.2. The fourth-order valence-corrected chi connectivity index (χ4v) is 10.5. The van der Waals surface area contributed by atoms with Gasteiger partial charge in [0.05, 0.1) is 32.0 Å². The minimum absolute atomic E-state index is 0.203. The Bertz CT molecular complexity index is 1370. The summed E-state index contributed by atoms with van der Waals surface area (Å²) >= 11 is 0. The maximum Gasteiger partial charge on any atom is 0.249 e. The molecule has 0 aromatic carbocycles. The van der Waals surface area contributed by atoms with Crippen LogP contribution in [0, 0.1) is 0 Å². The molecule has 14 atom stereocenters. The van der Waals surface area contributed by atoms with Gasteiger partial charge in [-0.2, -0.15) is 0 Å². The Morgan fingerprint density at radius 3 is 1.28 bits per heavy atom. The van der Waals surface area contributed by atoms with Gasteiger partial charge in [-0.1, -0.05) is 232 Å². The van der Waals surface area contributed by atoms with Crippen LogP contribution in [0.15, 0.2) is 0 Å². The van der Waals surface area contributed by atoms with Gasteiger partial charge in [-0.05, 0) is 12.8 Å². The molecule has 0 aliphatic carbocycles. The first-order valence-corrected chi connectivity index (χ1v) is 30.4. The van der Waals surface area contributed by atoms with Crippen molar-refractivity contribution in [1.82, 2.24) is 10.6 Å². The number of rotatable bonds is 48. The van der Waals surface area contributed by atoms with Gasteiger partial charge >= 0.3 is 0 Å². The Balaban J connectivity index is 1.89. The molecule has 2 fully saturated rings. The van der Waals surface area contributed by atoms with Gasteiger partial charge in [0.15, 0.2) is 12.6 Å². The van der Waals surface area contributed by atoms with Crippen molar-refractivity contribution in [3.63, 3.8) is 0 Å². The molecule has 2 rings (SSSR count). The van der Waals surface area contributed by atoms with Crippen LogP contribution in [0.5, 0.6) is 0 Å². The lowest BCUT2D eigenvalue weighted by atomic mass is 9.95. The maximum absolute atomic E-state index is 13.4. The smallest absolute Gasteiger partial charge is 0.249 e. The molecule has 2 amide bonds. The van der Waals surface area contributed by atoms with E-state index in [0.717, 1.165) is 51.9 Å². The van der Waals surface area contributed by atoms with Crippen molar-refractivity contribution >= 4 is 11.8 Å². The number of ether oxygens (including phenoxy) is 4. The number of hydrogen-bond donors (Lipinski definition) is 11. The number of hydrogen-bond acceptors (Lipinski definition) is 15. The molecule has 0 aromatic heterocycles. The highest BCUT2D eigenvalue weighted by Gasteiger charge is 2.51. The number of aliphatic hydroxyl groups is 9. The summed E-state index contributed by atoms with van der Waals surface area (Å²) in [6, 6.07) is -2.67. The van der Waals surface area contributed by atoms with E-state index in [0.29, 0.717) is 12.8 Å². The Morgan fingerprint density at radius 2 is 0.880 bits per heavy atom. The van der Waals surface area contributed by atoms with Crippen molar-refractivity contribution in [1.29, 1.82) is 0 Å². The van der Waals surface area contributed by atoms with Gasteiger partial charge < -0.3 is 75.5 Å². The Hall–Kier alpha value is -1.58. The van der Waals surface area contributed by atoms with Crippen molar-refractivity contribution in [2.75, 3.05) is 19.8 Å². The van der Waals surface area contributed by atoms with E-state index in [1.54, 1.807) is 0 Å².